The van der Waals surface area contributed by atoms with Crippen molar-refractivity contribution in [1.29, 1.82) is 0 Å². The van der Waals surface area contributed by atoms with Crippen LogP contribution in [0.1, 0.15) is 36.5 Å². The maximum atomic E-state index is 12.8. The Labute approximate surface area is 179 Å². The zero-order chi connectivity index (χ0) is 21.9. The first-order valence-electron chi connectivity index (χ1n) is 10.3. The minimum Gasteiger partial charge on any atom is -0.372 e. The van der Waals surface area contributed by atoms with Gasteiger partial charge in [0, 0.05) is 25.3 Å². The van der Waals surface area contributed by atoms with Gasteiger partial charge in [0.1, 0.15) is 6.04 Å². The lowest BCUT2D eigenvalue weighted by Gasteiger charge is -2.29. The SMILES string of the molecule is Cc1cc(C)cc(N([C@@H](C)C(=O)NCc2ccc(N3CCCC3)cc2)S(C)(=O)=O)c1. The maximum Gasteiger partial charge on any atom is 0.243 e. The molecule has 0 unspecified atom stereocenters. The van der Waals surface area contributed by atoms with Crippen molar-refractivity contribution in [3.63, 3.8) is 0 Å². The molecule has 0 spiro atoms. The molecule has 1 aliphatic heterocycles. The van der Waals surface area contributed by atoms with E-state index < -0.39 is 16.1 Å². The predicted molar refractivity (Wildman–Crippen MR) is 122 cm³/mol. The highest BCUT2D eigenvalue weighted by molar-refractivity contribution is 7.92. The van der Waals surface area contributed by atoms with Gasteiger partial charge in [0.15, 0.2) is 0 Å². The third kappa shape index (κ3) is 5.33. The van der Waals surface area contributed by atoms with Crippen molar-refractivity contribution in [1.82, 2.24) is 5.32 Å². The van der Waals surface area contributed by atoms with Crippen molar-refractivity contribution in [2.75, 3.05) is 28.6 Å². The number of benzene rings is 2. The number of nitrogens with zero attached hydrogens (tertiary/aromatic N) is 2. The molecule has 0 radical (unpaired) electrons. The molecule has 1 N–H and O–H groups in total. The van der Waals surface area contributed by atoms with Crippen LogP contribution in [-0.4, -0.2) is 39.7 Å². The number of carbonyl (C=O) groups is 1. The van der Waals surface area contributed by atoms with Crippen LogP contribution in [0.5, 0.6) is 0 Å². The quantitative estimate of drug-likeness (QED) is 0.733. The minimum atomic E-state index is -3.63. The number of sulfonamides is 1. The van der Waals surface area contributed by atoms with Crippen LogP contribution in [0.2, 0.25) is 0 Å². The number of aryl methyl sites for hydroxylation is 2. The fraction of sp³-hybridized carbons (Fsp3) is 0.435. The summed E-state index contributed by atoms with van der Waals surface area (Å²) in [5, 5.41) is 2.88. The maximum absolute atomic E-state index is 12.8. The van der Waals surface area contributed by atoms with E-state index >= 15 is 0 Å². The highest BCUT2D eigenvalue weighted by Crippen LogP contribution is 2.24. The molecule has 1 heterocycles. The Balaban J connectivity index is 1.69. The van der Waals surface area contributed by atoms with Gasteiger partial charge in [0.05, 0.1) is 11.9 Å². The lowest BCUT2D eigenvalue weighted by Crippen LogP contribution is -2.47. The standard InChI is InChI=1S/C23H31N3O3S/c1-17-13-18(2)15-22(14-17)26(30(4,28)29)19(3)23(27)24-16-20-7-9-21(10-8-20)25-11-5-6-12-25/h7-10,13-15,19H,5-6,11-12,16H2,1-4H3,(H,24,27)/t19-/m0/s1. The summed E-state index contributed by atoms with van der Waals surface area (Å²) in [6.07, 6.45) is 3.59. The van der Waals surface area contributed by atoms with E-state index in [-0.39, 0.29) is 5.91 Å². The molecule has 1 saturated heterocycles. The number of hydrogen-bond acceptors (Lipinski definition) is 4. The number of hydrogen-bond donors (Lipinski definition) is 1. The zero-order valence-corrected chi connectivity index (χ0v) is 19.0. The summed E-state index contributed by atoms with van der Waals surface area (Å²) in [7, 11) is -3.63. The van der Waals surface area contributed by atoms with Gasteiger partial charge in [-0.05, 0) is 74.6 Å². The van der Waals surface area contributed by atoms with Crippen molar-refractivity contribution in [2.45, 2.75) is 46.2 Å². The molecule has 1 atom stereocenters. The van der Waals surface area contributed by atoms with E-state index in [2.05, 4.69) is 22.3 Å². The Morgan fingerprint density at radius 1 is 1.07 bits per heavy atom. The van der Waals surface area contributed by atoms with Gasteiger partial charge in [0.25, 0.3) is 0 Å². The lowest BCUT2D eigenvalue weighted by atomic mass is 10.1. The molecule has 2 aromatic rings. The largest absolute Gasteiger partial charge is 0.372 e. The molecule has 2 aromatic carbocycles. The van der Waals surface area contributed by atoms with Gasteiger partial charge in [-0.25, -0.2) is 8.42 Å². The summed E-state index contributed by atoms with van der Waals surface area (Å²) >= 11 is 0. The summed E-state index contributed by atoms with van der Waals surface area (Å²) in [6.45, 7) is 7.97. The van der Waals surface area contributed by atoms with E-state index in [1.807, 2.05) is 32.0 Å². The van der Waals surface area contributed by atoms with Crippen molar-refractivity contribution in [2.24, 2.45) is 0 Å². The summed E-state index contributed by atoms with van der Waals surface area (Å²) < 4.78 is 26.2. The van der Waals surface area contributed by atoms with Gasteiger partial charge in [-0.15, -0.1) is 0 Å². The fourth-order valence-corrected chi connectivity index (χ4v) is 5.18. The van der Waals surface area contributed by atoms with E-state index in [0.29, 0.717) is 12.2 Å². The second-order valence-corrected chi connectivity index (χ2v) is 10.0. The van der Waals surface area contributed by atoms with Crippen LogP contribution in [-0.2, 0) is 21.4 Å². The average Bonchev–Trinajstić information content (AvgIpc) is 3.19. The molecule has 6 nitrogen and oxygen atoms in total. The highest BCUT2D eigenvalue weighted by Gasteiger charge is 2.29. The first-order valence-corrected chi connectivity index (χ1v) is 12.2. The average molecular weight is 430 g/mol. The lowest BCUT2D eigenvalue weighted by molar-refractivity contribution is -0.122. The van der Waals surface area contributed by atoms with Crippen LogP contribution in [0.15, 0.2) is 42.5 Å². The molecule has 3 rings (SSSR count). The summed E-state index contributed by atoms with van der Waals surface area (Å²) in [6, 6.07) is 12.9. The molecule has 1 fully saturated rings. The van der Waals surface area contributed by atoms with Crippen LogP contribution < -0.4 is 14.5 Å². The molecule has 0 bridgehead atoms. The first kappa shape index (κ1) is 22.2. The summed E-state index contributed by atoms with van der Waals surface area (Å²) in [4.78, 5) is 15.2. The number of rotatable bonds is 7. The second-order valence-electron chi connectivity index (χ2n) is 8.16. The molecule has 1 aliphatic rings. The normalized spacial score (nSPS) is 15.1. The van der Waals surface area contributed by atoms with E-state index in [0.717, 1.165) is 36.0 Å². The number of amides is 1. The van der Waals surface area contributed by atoms with Crippen LogP contribution in [0.3, 0.4) is 0 Å². The molecular formula is C23H31N3O3S. The molecule has 0 aliphatic carbocycles. The third-order valence-electron chi connectivity index (χ3n) is 5.42. The Bertz CT molecular complexity index is 977. The molecule has 1 amide bonds. The van der Waals surface area contributed by atoms with Crippen LogP contribution in [0.4, 0.5) is 11.4 Å². The Morgan fingerprint density at radius 3 is 2.17 bits per heavy atom. The van der Waals surface area contributed by atoms with E-state index in [1.54, 1.807) is 19.1 Å². The summed E-state index contributed by atoms with van der Waals surface area (Å²) in [5.41, 5.74) is 4.59. The minimum absolute atomic E-state index is 0.330. The van der Waals surface area contributed by atoms with Crippen molar-refractivity contribution >= 4 is 27.3 Å². The van der Waals surface area contributed by atoms with Crippen LogP contribution in [0.25, 0.3) is 0 Å². The van der Waals surface area contributed by atoms with E-state index in [4.69, 9.17) is 0 Å². The number of carbonyl (C=O) groups excluding carboxylic acids is 1. The molecule has 162 valence electrons. The second kappa shape index (κ2) is 9.08. The third-order valence-corrected chi connectivity index (χ3v) is 6.67. The van der Waals surface area contributed by atoms with Gasteiger partial charge in [-0.1, -0.05) is 18.2 Å². The predicted octanol–water partition coefficient (Wildman–Crippen LogP) is 3.37. The Kier molecular flexibility index (Phi) is 6.71. The van der Waals surface area contributed by atoms with Gasteiger partial charge < -0.3 is 10.2 Å². The van der Waals surface area contributed by atoms with Crippen LogP contribution in [0, 0.1) is 13.8 Å². The Hall–Kier alpha value is -2.54. The molecule has 0 saturated carbocycles. The molecule has 30 heavy (non-hydrogen) atoms. The number of anilines is 2. The van der Waals surface area contributed by atoms with E-state index in [1.165, 1.54) is 22.8 Å². The molecule has 0 aromatic heterocycles. The first-order chi connectivity index (χ1) is 14.1. The smallest absolute Gasteiger partial charge is 0.243 e. The van der Waals surface area contributed by atoms with Crippen LogP contribution >= 0.6 is 0 Å². The monoisotopic (exact) mass is 429 g/mol. The topological polar surface area (TPSA) is 69.7 Å². The number of nitrogens with one attached hydrogen (secondary N) is 1. The van der Waals surface area contributed by atoms with Crippen molar-refractivity contribution in [3.05, 3.63) is 59.2 Å². The van der Waals surface area contributed by atoms with Gasteiger partial charge in [0.2, 0.25) is 15.9 Å². The van der Waals surface area contributed by atoms with Gasteiger partial charge >= 0.3 is 0 Å². The Morgan fingerprint density at radius 2 is 1.63 bits per heavy atom. The fourth-order valence-electron chi connectivity index (χ4n) is 4.02. The molecular weight excluding hydrogens is 398 g/mol. The van der Waals surface area contributed by atoms with E-state index in [9.17, 15) is 13.2 Å². The summed E-state index contributed by atoms with van der Waals surface area (Å²) in [5.74, 6) is -0.330. The molecule has 7 heteroatoms. The van der Waals surface area contributed by atoms with Crippen molar-refractivity contribution < 1.29 is 13.2 Å². The van der Waals surface area contributed by atoms with Gasteiger partial charge in [-0.3, -0.25) is 9.10 Å². The zero-order valence-electron chi connectivity index (χ0n) is 18.2. The highest BCUT2D eigenvalue weighted by atomic mass is 32.2. The van der Waals surface area contributed by atoms with Crippen molar-refractivity contribution in [3.8, 4) is 0 Å². The van der Waals surface area contributed by atoms with Gasteiger partial charge in [-0.2, -0.15) is 0 Å².